The highest BCUT2D eigenvalue weighted by Crippen LogP contribution is 2.34. The quantitative estimate of drug-likeness (QED) is 0.383. The first-order valence-corrected chi connectivity index (χ1v) is 11.9. The molecule has 4 amide bonds. The number of hydrogen-bond donors (Lipinski definition) is 1. The number of benzene rings is 2. The van der Waals surface area contributed by atoms with E-state index in [2.05, 4.69) is 12.2 Å². The normalized spacial score (nSPS) is 20.1. The van der Waals surface area contributed by atoms with Gasteiger partial charge in [0, 0.05) is 23.3 Å². The van der Waals surface area contributed by atoms with Gasteiger partial charge in [0.05, 0.1) is 11.1 Å². The van der Waals surface area contributed by atoms with Crippen molar-refractivity contribution in [2.45, 2.75) is 50.0 Å². The molecule has 7 nitrogen and oxygen atoms in total. The smallest absolute Gasteiger partial charge is 0.262 e. The Balaban J connectivity index is 1.48. The molecule has 0 aliphatic carbocycles. The first-order valence-electron chi connectivity index (χ1n) is 10.9. The van der Waals surface area contributed by atoms with Gasteiger partial charge in [0.2, 0.25) is 5.91 Å². The molecule has 2 aliphatic heterocycles. The highest BCUT2D eigenvalue weighted by atomic mass is 32.2. The van der Waals surface area contributed by atoms with E-state index in [9.17, 15) is 24.0 Å². The van der Waals surface area contributed by atoms with Gasteiger partial charge in [-0.3, -0.25) is 34.2 Å². The fourth-order valence-corrected chi connectivity index (χ4v) is 4.87. The number of ketones is 1. The summed E-state index contributed by atoms with van der Waals surface area (Å²) < 4.78 is 0. The Morgan fingerprint density at radius 1 is 1.03 bits per heavy atom. The summed E-state index contributed by atoms with van der Waals surface area (Å²) in [6.07, 6.45) is 0.833. The first kappa shape index (κ1) is 22.9. The maximum Gasteiger partial charge on any atom is 0.262 e. The molecule has 170 valence electrons. The molecule has 1 saturated heterocycles. The number of piperidine rings is 1. The Hall–Kier alpha value is -3.26. The van der Waals surface area contributed by atoms with Gasteiger partial charge in [0.25, 0.3) is 17.7 Å². The SMILES string of the molecule is CCSc1ccc(C(=O)CCc2ccc3c(c2)C(=O)N([C@@]2(C)CCC(=O)NC2=O)C3=O)cc1. The standard InChI is InChI=1S/C25H24N2O5S/c1-3-33-17-8-6-16(7-9-17)20(28)11-5-15-4-10-18-19(14-15)23(31)27(22(18)30)25(2)13-12-21(29)26-24(25)32/h4,6-10,14H,3,5,11-13H2,1-2H3,(H,26,29,32)/t25-/m0/s1. The molecular formula is C25H24N2O5S. The van der Waals surface area contributed by atoms with Crippen LogP contribution in [0.4, 0.5) is 0 Å². The largest absolute Gasteiger partial charge is 0.294 e. The average molecular weight is 465 g/mol. The fourth-order valence-electron chi connectivity index (χ4n) is 4.21. The van der Waals surface area contributed by atoms with Crippen molar-refractivity contribution in [2.24, 2.45) is 0 Å². The lowest BCUT2D eigenvalue weighted by molar-refractivity contribution is -0.140. The first-order chi connectivity index (χ1) is 15.7. The van der Waals surface area contributed by atoms with Crippen molar-refractivity contribution >= 4 is 41.2 Å². The average Bonchev–Trinajstić information content (AvgIpc) is 3.05. The minimum absolute atomic E-state index is 0.00336. The molecule has 0 spiro atoms. The highest BCUT2D eigenvalue weighted by molar-refractivity contribution is 7.99. The summed E-state index contributed by atoms with van der Waals surface area (Å²) in [5.41, 5.74) is 0.428. The van der Waals surface area contributed by atoms with Gasteiger partial charge < -0.3 is 0 Å². The predicted octanol–water partition coefficient (Wildman–Crippen LogP) is 3.41. The van der Waals surface area contributed by atoms with Crippen LogP contribution >= 0.6 is 11.8 Å². The summed E-state index contributed by atoms with van der Waals surface area (Å²) >= 11 is 1.71. The number of Topliss-reactive ketones (excluding diaryl/α,β-unsaturated/α-hetero) is 1. The van der Waals surface area contributed by atoms with Crippen LogP contribution in [0.1, 0.15) is 69.7 Å². The molecule has 0 radical (unpaired) electrons. The van der Waals surface area contributed by atoms with E-state index in [1.807, 2.05) is 24.3 Å². The number of fused-ring (bicyclic) bond motifs is 1. The van der Waals surface area contributed by atoms with Gasteiger partial charge in [-0.05, 0) is 55.3 Å². The summed E-state index contributed by atoms with van der Waals surface area (Å²) in [6.45, 7) is 3.57. The zero-order valence-electron chi connectivity index (χ0n) is 18.5. The number of aryl methyl sites for hydroxylation is 1. The van der Waals surface area contributed by atoms with Crippen molar-refractivity contribution in [3.8, 4) is 0 Å². The highest BCUT2D eigenvalue weighted by Gasteiger charge is 2.52. The van der Waals surface area contributed by atoms with E-state index >= 15 is 0 Å². The Bertz CT molecular complexity index is 1170. The molecule has 0 aromatic heterocycles. The minimum Gasteiger partial charge on any atom is -0.294 e. The minimum atomic E-state index is -1.42. The fraction of sp³-hybridized carbons (Fsp3) is 0.320. The number of rotatable bonds is 7. The van der Waals surface area contributed by atoms with Crippen LogP contribution in [0.25, 0.3) is 0 Å². The second-order valence-electron chi connectivity index (χ2n) is 8.36. The summed E-state index contributed by atoms with van der Waals surface area (Å²) in [5.74, 6) is -1.20. The summed E-state index contributed by atoms with van der Waals surface area (Å²) in [6, 6.07) is 12.4. The zero-order chi connectivity index (χ0) is 23.8. The molecule has 2 aromatic carbocycles. The molecule has 2 aliphatic rings. The van der Waals surface area contributed by atoms with Gasteiger partial charge in [-0.25, -0.2) is 0 Å². The van der Waals surface area contributed by atoms with Gasteiger partial charge in [-0.15, -0.1) is 11.8 Å². The lowest BCUT2D eigenvalue weighted by atomic mass is 9.89. The Labute approximate surface area is 195 Å². The van der Waals surface area contributed by atoms with E-state index in [-0.39, 0.29) is 36.2 Å². The van der Waals surface area contributed by atoms with Crippen molar-refractivity contribution in [3.05, 3.63) is 64.7 Å². The number of carbonyl (C=O) groups is 5. The van der Waals surface area contributed by atoms with Crippen LogP contribution in [0.3, 0.4) is 0 Å². The molecular weight excluding hydrogens is 440 g/mol. The van der Waals surface area contributed by atoms with E-state index in [1.54, 1.807) is 30.0 Å². The van der Waals surface area contributed by atoms with Crippen LogP contribution in [0.2, 0.25) is 0 Å². The summed E-state index contributed by atoms with van der Waals surface area (Å²) in [5, 5.41) is 2.22. The van der Waals surface area contributed by atoms with Crippen molar-refractivity contribution in [1.82, 2.24) is 10.2 Å². The van der Waals surface area contributed by atoms with Gasteiger partial charge in [0.1, 0.15) is 5.54 Å². The molecule has 8 heteroatoms. The Morgan fingerprint density at radius 3 is 2.39 bits per heavy atom. The molecule has 4 rings (SSSR count). The molecule has 1 N–H and O–H groups in total. The van der Waals surface area contributed by atoms with Crippen LogP contribution in [0.5, 0.6) is 0 Å². The van der Waals surface area contributed by atoms with Gasteiger partial charge >= 0.3 is 0 Å². The molecule has 2 aromatic rings. The number of nitrogens with one attached hydrogen (secondary N) is 1. The molecule has 0 bridgehead atoms. The molecule has 1 atom stereocenters. The second-order valence-corrected chi connectivity index (χ2v) is 9.69. The molecule has 1 fully saturated rings. The van der Waals surface area contributed by atoms with Gasteiger partial charge in [0.15, 0.2) is 5.78 Å². The lowest BCUT2D eigenvalue weighted by Crippen LogP contribution is -2.62. The third-order valence-electron chi connectivity index (χ3n) is 6.15. The maximum atomic E-state index is 13.1. The van der Waals surface area contributed by atoms with E-state index in [0.29, 0.717) is 12.0 Å². The Kier molecular flexibility index (Phi) is 6.21. The third-order valence-corrected chi connectivity index (χ3v) is 7.05. The summed E-state index contributed by atoms with van der Waals surface area (Å²) in [7, 11) is 0. The lowest BCUT2D eigenvalue weighted by Gasteiger charge is -2.38. The third kappa shape index (κ3) is 4.23. The monoisotopic (exact) mass is 464 g/mol. The molecule has 2 heterocycles. The van der Waals surface area contributed by atoms with Crippen LogP contribution in [0.15, 0.2) is 47.4 Å². The van der Waals surface area contributed by atoms with E-state index < -0.39 is 29.2 Å². The van der Waals surface area contributed by atoms with E-state index in [0.717, 1.165) is 21.1 Å². The number of hydrogen-bond acceptors (Lipinski definition) is 6. The van der Waals surface area contributed by atoms with Gasteiger partial charge in [-0.1, -0.05) is 25.1 Å². The number of carbonyl (C=O) groups excluding carboxylic acids is 5. The van der Waals surface area contributed by atoms with Crippen molar-refractivity contribution in [2.75, 3.05) is 5.75 Å². The van der Waals surface area contributed by atoms with Crippen molar-refractivity contribution in [3.63, 3.8) is 0 Å². The maximum absolute atomic E-state index is 13.1. The number of imide groups is 2. The molecule has 33 heavy (non-hydrogen) atoms. The van der Waals surface area contributed by atoms with Crippen molar-refractivity contribution in [1.29, 1.82) is 0 Å². The predicted molar refractivity (Wildman–Crippen MR) is 123 cm³/mol. The van der Waals surface area contributed by atoms with Crippen LogP contribution in [-0.2, 0) is 16.0 Å². The molecule has 0 unspecified atom stereocenters. The number of nitrogens with zero attached hydrogens (tertiary/aromatic N) is 1. The van der Waals surface area contributed by atoms with E-state index in [1.165, 1.54) is 6.92 Å². The van der Waals surface area contributed by atoms with Crippen LogP contribution in [-0.4, -0.2) is 45.6 Å². The van der Waals surface area contributed by atoms with Crippen molar-refractivity contribution < 1.29 is 24.0 Å². The Morgan fingerprint density at radius 2 is 1.73 bits per heavy atom. The van der Waals surface area contributed by atoms with Gasteiger partial charge in [-0.2, -0.15) is 0 Å². The molecule has 0 saturated carbocycles. The topological polar surface area (TPSA) is 101 Å². The van der Waals surface area contributed by atoms with Crippen LogP contribution < -0.4 is 5.32 Å². The zero-order valence-corrected chi connectivity index (χ0v) is 19.3. The van der Waals surface area contributed by atoms with Crippen LogP contribution in [0, 0.1) is 0 Å². The number of thioether (sulfide) groups is 1. The summed E-state index contributed by atoms with van der Waals surface area (Å²) in [4.78, 5) is 64.7. The van der Waals surface area contributed by atoms with E-state index in [4.69, 9.17) is 0 Å². The number of amides is 4. The second kappa shape index (κ2) is 8.94.